The van der Waals surface area contributed by atoms with Crippen LogP contribution in [0.1, 0.15) is 35.1 Å². The fourth-order valence-electron chi connectivity index (χ4n) is 7.49. The van der Waals surface area contributed by atoms with Gasteiger partial charge in [-0.25, -0.2) is 0 Å². The Hall–Kier alpha value is -4.56. The van der Waals surface area contributed by atoms with Crippen LogP contribution in [0.2, 0.25) is 0 Å². The first-order valence-electron chi connectivity index (χ1n) is 15.4. The summed E-state index contributed by atoms with van der Waals surface area (Å²) in [6.07, 6.45) is 4.54. The predicted molar refractivity (Wildman–Crippen MR) is 180 cm³/mol. The molecule has 2 aliphatic rings. The minimum atomic E-state index is 1.05. The number of fused-ring (bicyclic) bond motifs is 6. The minimum Gasteiger partial charge on any atom is -0.341 e. The predicted octanol–water partition coefficient (Wildman–Crippen LogP) is 10.4. The van der Waals surface area contributed by atoms with E-state index in [9.17, 15) is 0 Å². The number of aryl methyl sites for hydroxylation is 4. The summed E-state index contributed by atoms with van der Waals surface area (Å²) in [7, 11) is 0. The van der Waals surface area contributed by atoms with E-state index in [0.717, 1.165) is 38.8 Å². The number of hydrogen-bond donors (Lipinski definition) is 0. The Balaban J connectivity index is 1.37. The van der Waals surface area contributed by atoms with Crippen LogP contribution in [0.3, 0.4) is 0 Å². The van der Waals surface area contributed by atoms with E-state index in [1.54, 1.807) is 0 Å². The van der Waals surface area contributed by atoms with E-state index in [1.807, 2.05) is 0 Å². The molecule has 0 fully saturated rings. The Kier molecular flexibility index (Phi) is 6.03. The summed E-state index contributed by atoms with van der Waals surface area (Å²) in [5.74, 6) is 0. The summed E-state index contributed by atoms with van der Waals surface area (Å²) >= 11 is 0. The summed E-state index contributed by atoms with van der Waals surface area (Å²) in [6, 6.07) is 41.2. The third kappa shape index (κ3) is 4.09. The van der Waals surface area contributed by atoms with E-state index < -0.39 is 0 Å². The van der Waals surface area contributed by atoms with Gasteiger partial charge in [-0.15, -0.1) is 0 Å². The molecule has 0 bridgehead atoms. The van der Waals surface area contributed by atoms with E-state index in [0.29, 0.717) is 0 Å². The van der Waals surface area contributed by atoms with Gasteiger partial charge in [0, 0.05) is 35.2 Å². The van der Waals surface area contributed by atoms with Gasteiger partial charge in [-0.3, -0.25) is 0 Å². The molecule has 0 saturated heterocycles. The number of benzene rings is 6. The van der Waals surface area contributed by atoms with E-state index in [-0.39, 0.29) is 0 Å². The van der Waals surface area contributed by atoms with Gasteiger partial charge in [0.2, 0.25) is 0 Å². The van der Waals surface area contributed by atoms with Crippen molar-refractivity contribution in [2.24, 2.45) is 0 Å². The molecule has 0 aliphatic carbocycles. The molecule has 2 nitrogen and oxygen atoms in total. The highest BCUT2D eigenvalue weighted by atomic mass is 15.1. The number of nitrogens with zero attached hydrogens (tertiary/aromatic N) is 2. The molecule has 0 N–H and O–H groups in total. The molecule has 0 atom stereocenters. The van der Waals surface area contributed by atoms with Crippen LogP contribution in [0, 0.1) is 13.8 Å². The lowest BCUT2D eigenvalue weighted by Crippen LogP contribution is -2.25. The van der Waals surface area contributed by atoms with Gasteiger partial charge in [-0.05, 0) is 120 Å². The molecule has 0 spiro atoms. The van der Waals surface area contributed by atoms with Crippen LogP contribution in [-0.4, -0.2) is 13.1 Å². The van der Waals surface area contributed by atoms with Gasteiger partial charge < -0.3 is 9.80 Å². The molecule has 0 saturated carbocycles. The molecular weight excluding hydrogens is 508 g/mol. The lowest BCUT2D eigenvalue weighted by Gasteiger charge is -2.35. The summed E-state index contributed by atoms with van der Waals surface area (Å²) in [4.78, 5) is 5.12. The topological polar surface area (TPSA) is 6.48 Å². The van der Waals surface area contributed by atoms with Gasteiger partial charge in [0.25, 0.3) is 0 Å². The van der Waals surface area contributed by atoms with Crippen LogP contribution in [0.4, 0.5) is 22.7 Å². The molecule has 6 aromatic rings. The van der Waals surface area contributed by atoms with Crippen LogP contribution in [0.25, 0.3) is 32.7 Å². The zero-order valence-corrected chi connectivity index (χ0v) is 24.5. The molecule has 2 heteroatoms. The maximum absolute atomic E-state index is 2.56. The van der Waals surface area contributed by atoms with Gasteiger partial charge >= 0.3 is 0 Å². The second kappa shape index (κ2) is 10.1. The number of rotatable bonds is 3. The maximum Gasteiger partial charge on any atom is 0.0523 e. The van der Waals surface area contributed by atoms with Gasteiger partial charge in [0.05, 0.1) is 11.4 Å². The van der Waals surface area contributed by atoms with Crippen molar-refractivity contribution in [2.75, 3.05) is 22.9 Å². The van der Waals surface area contributed by atoms with Crippen molar-refractivity contribution in [2.45, 2.75) is 39.5 Å². The number of hydrogen-bond acceptors (Lipinski definition) is 2. The molecular formula is C40H36N2. The zero-order valence-electron chi connectivity index (χ0n) is 24.5. The first-order chi connectivity index (χ1) is 20.7. The van der Waals surface area contributed by atoms with Gasteiger partial charge in [0.1, 0.15) is 0 Å². The standard InChI is InChI=1S/C40H36N2/c1-27-11-7-15-31(23-27)41-21-9-13-29-25-37(33-17-3-5-19-35(33)39(29)41)38-26-30-14-10-22-42(32-16-8-12-28(2)24-32)40(30)36-20-6-4-18-34(36)38/h3-8,11-12,15-20,23-26H,9-10,13-14,21-22H2,1-2H3. The summed E-state index contributed by atoms with van der Waals surface area (Å²) in [6.45, 7) is 6.49. The lowest BCUT2D eigenvalue weighted by molar-refractivity contribution is 0.769. The van der Waals surface area contributed by atoms with Crippen LogP contribution in [0.15, 0.2) is 109 Å². The second-order valence-electron chi connectivity index (χ2n) is 12.1. The Labute approximate surface area is 248 Å². The molecule has 0 aromatic heterocycles. The summed E-state index contributed by atoms with van der Waals surface area (Å²) in [5, 5.41) is 5.39. The van der Waals surface area contributed by atoms with Crippen molar-refractivity contribution in [1.82, 2.24) is 0 Å². The normalized spacial score (nSPS) is 14.7. The second-order valence-corrected chi connectivity index (χ2v) is 12.1. The lowest BCUT2D eigenvalue weighted by atomic mass is 9.85. The van der Waals surface area contributed by atoms with Crippen molar-refractivity contribution < 1.29 is 0 Å². The molecule has 42 heavy (non-hydrogen) atoms. The Morgan fingerprint density at radius 2 is 0.881 bits per heavy atom. The third-order valence-corrected chi connectivity index (χ3v) is 9.30. The quantitative estimate of drug-likeness (QED) is 0.219. The van der Waals surface area contributed by atoms with Crippen molar-refractivity contribution in [3.63, 3.8) is 0 Å². The van der Waals surface area contributed by atoms with Crippen LogP contribution in [-0.2, 0) is 12.8 Å². The largest absolute Gasteiger partial charge is 0.341 e. The first kappa shape index (κ1) is 25.2. The minimum absolute atomic E-state index is 1.05. The first-order valence-corrected chi connectivity index (χ1v) is 15.4. The van der Waals surface area contributed by atoms with Crippen LogP contribution in [0.5, 0.6) is 0 Å². The Morgan fingerprint density at radius 3 is 1.31 bits per heavy atom. The highest BCUT2D eigenvalue weighted by molar-refractivity contribution is 6.13. The molecule has 206 valence electrons. The average molecular weight is 545 g/mol. The maximum atomic E-state index is 2.56. The molecule has 0 unspecified atom stereocenters. The molecule has 2 heterocycles. The monoisotopic (exact) mass is 544 g/mol. The molecule has 0 radical (unpaired) electrons. The van der Waals surface area contributed by atoms with Crippen molar-refractivity contribution in [3.8, 4) is 11.1 Å². The van der Waals surface area contributed by atoms with Crippen molar-refractivity contribution in [1.29, 1.82) is 0 Å². The summed E-state index contributed by atoms with van der Waals surface area (Å²) in [5.41, 5.74) is 13.6. The van der Waals surface area contributed by atoms with Gasteiger partial charge in [-0.1, -0.05) is 72.8 Å². The highest BCUT2D eigenvalue weighted by Crippen LogP contribution is 2.48. The molecule has 6 aromatic carbocycles. The van der Waals surface area contributed by atoms with Gasteiger partial charge in [-0.2, -0.15) is 0 Å². The fraction of sp³-hybridized carbons (Fsp3) is 0.200. The SMILES string of the molecule is Cc1cccc(N2CCCc3cc(-c4cc5c(c6ccccc46)N(c4cccc(C)c4)CCC5)c4ccccc4c32)c1. The van der Waals surface area contributed by atoms with Gasteiger partial charge in [0.15, 0.2) is 0 Å². The van der Waals surface area contributed by atoms with E-state index in [2.05, 4.69) is 133 Å². The molecule has 2 aliphatic heterocycles. The van der Waals surface area contributed by atoms with E-state index >= 15 is 0 Å². The Morgan fingerprint density at radius 1 is 0.452 bits per heavy atom. The van der Waals surface area contributed by atoms with E-state index in [1.165, 1.54) is 77.7 Å². The number of anilines is 4. The van der Waals surface area contributed by atoms with Crippen LogP contribution < -0.4 is 9.80 Å². The molecule has 0 amide bonds. The summed E-state index contributed by atoms with van der Waals surface area (Å²) < 4.78 is 0. The molecule has 8 rings (SSSR count). The zero-order chi connectivity index (χ0) is 28.2. The Bertz CT molecular complexity index is 1840. The average Bonchev–Trinajstić information content (AvgIpc) is 3.03. The van der Waals surface area contributed by atoms with Crippen molar-refractivity contribution in [3.05, 3.63) is 131 Å². The third-order valence-electron chi connectivity index (χ3n) is 9.30. The fourth-order valence-corrected chi connectivity index (χ4v) is 7.49. The van der Waals surface area contributed by atoms with Crippen molar-refractivity contribution >= 4 is 44.3 Å². The van der Waals surface area contributed by atoms with E-state index in [4.69, 9.17) is 0 Å². The van der Waals surface area contributed by atoms with Crippen LogP contribution >= 0.6 is 0 Å². The highest BCUT2D eigenvalue weighted by Gasteiger charge is 2.26. The smallest absolute Gasteiger partial charge is 0.0523 e.